The first-order chi connectivity index (χ1) is 10.0. The summed E-state index contributed by atoms with van der Waals surface area (Å²) in [5.74, 6) is 0.710. The number of benzene rings is 1. The number of ether oxygens (including phenoxy) is 1. The Morgan fingerprint density at radius 1 is 1.19 bits per heavy atom. The van der Waals surface area contributed by atoms with Gasteiger partial charge in [0.15, 0.2) is 0 Å². The highest BCUT2D eigenvalue weighted by atomic mass is 32.2. The molecule has 0 aliphatic rings. The van der Waals surface area contributed by atoms with Gasteiger partial charge in [0.2, 0.25) is 5.95 Å². The predicted octanol–water partition coefficient (Wildman–Crippen LogP) is 1.65. The molecule has 7 nitrogen and oxygen atoms in total. The Labute approximate surface area is 123 Å². The number of hydrogen-bond donors (Lipinski definition) is 2. The van der Waals surface area contributed by atoms with Crippen molar-refractivity contribution in [2.45, 2.75) is 18.2 Å². The van der Waals surface area contributed by atoms with Gasteiger partial charge in [-0.1, -0.05) is 6.92 Å². The van der Waals surface area contributed by atoms with Gasteiger partial charge in [-0.25, -0.2) is 18.4 Å². The number of anilines is 2. The highest BCUT2D eigenvalue weighted by Gasteiger charge is 2.15. The Balaban J connectivity index is 2.11. The largest absolute Gasteiger partial charge is 0.494 e. The fraction of sp³-hybridized carbons (Fsp3) is 0.231. The second-order valence-electron chi connectivity index (χ2n) is 4.26. The highest BCUT2D eigenvalue weighted by Crippen LogP contribution is 2.19. The van der Waals surface area contributed by atoms with E-state index in [1.54, 1.807) is 24.3 Å². The van der Waals surface area contributed by atoms with Crippen molar-refractivity contribution in [3.8, 4) is 5.75 Å². The Morgan fingerprint density at radius 2 is 1.81 bits per heavy atom. The molecule has 2 aromatic rings. The van der Waals surface area contributed by atoms with Crippen LogP contribution < -0.4 is 15.2 Å². The normalized spacial score (nSPS) is 11.1. The van der Waals surface area contributed by atoms with Gasteiger partial charge in [0.05, 0.1) is 19.0 Å². The Hall–Kier alpha value is -2.35. The van der Waals surface area contributed by atoms with Gasteiger partial charge in [-0.3, -0.25) is 4.72 Å². The van der Waals surface area contributed by atoms with Crippen molar-refractivity contribution in [2.75, 3.05) is 17.1 Å². The van der Waals surface area contributed by atoms with E-state index in [4.69, 9.17) is 10.5 Å². The van der Waals surface area contributed by atoms with Crippen LogP contribution in [0.2, 0.25) is 0 Å². The van der Waals surface area contributed by atoms with Gasteiger partial charge in [-0.05, 0) is 30.7 Å². The van der Waals surface area contributed by atoms with Crippen molar-refractivity contribution in [3.05, 3.63) is 36.7 Å². The van der Waals surface area contributed by atoms with E-state index >= 15 is 0 Å². The molecule has 0 aliphatic carbocycles. The van der Waals surface area contributed by atoms with Gasteiger partial charge >= 0.3 is 0 Å². The Kier molecular flexibility index (Phi) is 4.59. The summed E-state index contributed by atoms with van der Waals surface area (Å²) in [5, 5.41) is 0. The quantitative estimate of drug-likeness (QED) is 0.840. The molecule has 0 fully saturated rings. The van der Waals surface area contributed by atoms with Crippen molar-refractivity contribution < 1.29 is 13.2 Å². The minimum Gasteiger partial charge on any atom is -0.494 e. The number of hydrogen-bond acceptors (Lipinski definition) is 6. The average molecular weight is 308 g/mol. The topological polar surface area (TPSA) is 107 Å². The summed E-state index contributed by atoms with van der Waals surface area (Å²) < 4.78 is 32.1. The van der Waals surface area contributed by atoms with Crippen LogP contribution in [-0.4, -0.2) is 25.0 Å². The smallest absolute Gasteiger partial charge is 0.264 e. The molecule has 8 heteroatoms. The molecule has 112 valence electrons. The van der Waals surface area contributed by atoms with Crippen molar-refractivity contribution in [1.29, 1.82) is 0 Å². The fourth-order valence-corrected chi connectivity index (χ4v) is 2.47. The first-order valence-corrected chi connectivity index (χ1v) is 7.83. The Bertz CT molecular complexity index is 684. The molecular weight excluding hydrogens is 292 g/mol. The van der Waals surface area contributed by atoms with Gasteiger partial charge < -0.3 is 10.5 Å². The molecule has 0 saturated heterocycles. The van der Waals surface area contributed by atoms with Crippen molar-refractivity contribution >= 4 is 21.7 Å². The van der Waals surface area contributed by atoms with E-state index in [0.717, 1.165) is 18.8 Å². The second-order valence-corrected chi connectivity index (χ2v) is 5.94. The molecule has 0 amide bonds. The summed E-state index contributed by atoms with van der Waals surface area (Å²) in [6.07, 6.45) is 3.22. The number of nitrogens with zero attached hydrogens (tertiary/aromatic N) is 2. The van der Waals surface area contributed by atoms with Crippen LogP contribution in [0.15, 0.2) is 41.6 Å². The third-order valence-electron chi connectivity index (χ3n) is 2.54. The van der Waals surface area contributed by atoms with Gasteiger partial charge in [-0.15, -0.1) is 0 Å². The van der Waals surface area contributed by atoms with Crippen LogP contribution in [0.25, 0.3) is 0 Å². The molecule has 3 N–H and O–H groups in total. The van der Waals surface area contributed by atoms with E-state index in [1.807, 2.05) is 6.92 Å². The maximum absolute atomic E-state index is 12.1. The molecule has 21 heavy (non-hydrogen) atoms. The van der Waals surface area contributed by atoms with Crippen LogP contribution in [0.5, 0.6) is 5.75 Å². The van der Waals surface area contributed by atoms with Crippen LogP contribution >= 0.6 is 0 Å². The summed E-state index contributed by atoms with van der Waals surface area (Å²) in [7, 11) is -3.73. The molecule has 0 radical (unpaired) electrons. The summed E-state index contributed by atoms with van der Waals surface area (Å²) in [6, 6.07) is 6.65. The molecule has 1 heterocycles. The SMILES string of the molecule is CCCOc1ccc(NS(=O)(=O)c2cnc(N)nc2)cc1. The van der Waals surface area contributed by atoms with Gasteiger partial charge in [-0.2, -0.15) is 0 Å². The molecule has 2 rings (SSSR count). The number of sulfonamides is 1. The number of nitrogens with two attached hydrogens (primary N) is 1. The second kappa shape index (κ2) is 6.40. The van der Waals surface area contributed by atoms with E-state index in [1.165, 1.54) is 0 Å². The van der Waals surface area contributed by atoms with Crippen molar-refractivity contribution in [3.63, 3.8) is 0 Å². The molecule has 0 aliphatic heterocycles. The lowest BCUT2D eigenvalue weighted by Crippen LogP contribution is -2.14. The monoisotopic (exact) mass is 308 g/mol. The number of aromatic nitrogens is 2. The van der Waals surface area contributed by atoms with E-state index in [9.17, 15) is 8.42 Å². The third-order valence-corrected chi connectivity index (χ3v) is 3.87. The number of nitrogen functional groups attached to an aromatic ring is 1. The standard InChI is InChI=1S/C13H16N4O3S/c1-2-7-20-11-5-3-10(4-6-11)17-21(18,19)12-8-15-13(14)16-9-12/h3-6,8-9,17H,2,7H2,1H3,(H2,14,15,16). The lowest BCUT2D eigenvalue weighted by Gasteiger charge is -2.09. The molecule has 0 atom stereocenters. The van der Waals surface area contributed by atoms with E-state index in [2.05, 4.69) is 14.7 Å². The van der Waals surface area contributed by atoms with E-state index < -0.39 is 10.0 Å². The van der Waals surface area contributed by atoms with Gasteiger partial charge in [0.25, 0.3) is 10.0 Å². The van der Waals surface area contributed by atoms with Gasteiger partial charge in [0, 0.05) is 5.69 Å². The molecule has 0 unspecified atom stereocenters. The van der Waals surface area contributed by atoms with Crippen molar-refractivity contribution in [1.82, 2.24) is 9.97 Å². The zero-order valence-electron chi connectivity index (χ0n) is 11.5. The van der Waals surface area contributed by atoms with Crippen LogP contribution in [0.3, 0.4) is 0 Å². The van der Waals surface area contributed by atoms with Crippen LogP contribution in [0, 0.1) is 0 Å². The van der Waals surface area contributed by atoms with Crippen molar-refractivity contribution in [2.24, 2.45) is 0 Å². The lowest BCUT2D eigenvalue weighted by molar-refractivity contribution is 0.317. The molecular formula is C13H16N4O3S. The van der Waals surface area contributed by atoms with Crippen LogP contribution in [0.4, 0.5) is 11.6 Å². The average Bonchev–Trinajstić information content (AvgIpc) is 2.47. The highest BCUT2D eigenvalue weighted by molar-refractivity contribution is 7.92. The van der Waals surface area contributed by atoms with Gasteiger partial charge in [0.1, 0.15) is 10.6 Å². The van der Waals surface area contributed by atoms with E-state index in [0.29, 0.717) is 18.0 Å². The zero-order valence-corrected chi connectivity index (χ0v) is 12.3. The van der Waals surface area contributed by atoms with Crippen LogP contribution in [-0.2, 0) is 10.0 Å². The summed E-state index contributed by atoms with van der Waals surface area (Å²) in [6.45, 7) is 2.63. The minimum absolute atomic E-state index is 0.0198. The Morgan fingerprint density at radius 3 is 2.38 bits per heavy atom. The number of nitrogens with one attached hydrogen (secondary N) is 1. The first kappa shape index (κ1) is 15.0. The summed E-state index contributed by atoms with van der Waals surface area (Å²) in [5.41, 5.74) is 5.75. The molecule has 0 saturated carbocycles. The summed E-state index contributed by atoms with van der Waals surface area (Å²) in [4.78, 5) is 7.27. The lowest BCUT2D eigenvalue weighted by atomic mass is 10.3. The molecule has 1 aromatic carbocycles. The van der Waals surface area contributed by atoms with Crippen LogP contribution in [0.1, 0.15) is 13.3 Å². The summed E-state index contributed by atoms with van der Waals surface area (Å²) >= 11 is 0. The minimum atomic E-state index is -3.73. The first-order valence-electron chi connectivity index (χ1n) is 6.34. The maximum Gasteiger partial charge on any atom is 0.264 e. The fourth-order valence-electron chi connectivity index (χ4n) is 1.52. The maximum atomic E-state index is 12.1. The number of rotatable bonds is 6. The third kappa shape index (κ3) is 4.06. The molecule has 1 aromatic heterocycles. The molecule has 0 bridgehead atoms. The van der Waals surface area contributed by atoms with E-state index in [-0.39, 0.29) is 10.8 Å². The molecule has 0 spiro atoms. The predicted molar refractivity (Wildman–Crippen MR) is 79.5 cm³/mol. The zero-order chi connectivity index (χ0) is 15.3.